The van der Waals surface area contributed by atoms with Crippen LogP contribution in [0, 0.1) is 11.5 Å². The van der Waals surface area contributed by atoms with Crippen molar-refractivity contribution in [2.45, 2.75) is 110 Å². The molecule has 1 heterocycles. The number of nitrogens with two attached hydrogens (primary N) is 2. The van der Waals surface area contributed by atoms with Crippen LogP contribution in [0.1, 0.15) is 110 Å². The normalized spacial score (nSPS) is 10.6. The second-order valence-electron chi connectivity index (χ2n) is 6.92. The SMILES string of the molecule is C1CO1.CCCCCCCCCCCCCCCCCCN.N#CN.O=C=O. The molecule has 0 radical (unpaired) electrons. The first-order valence-corrected chi connectivity index (χ1v) is 11.1. The summed E-state index contributed by atoms with van der Waals surface area (Å²) in [5.74, 6) is 0. The Balaban J connectivity index is -0.000000570. The van der Waals surface area contributed by atoms with Gasteiger partial charge in [0.1, 0.15) is 0 Å². The van der Waals surface area contributed by atoms with E-state index in [0.717, 1.165) is 19.8 Å². The van der Waals surface area contributed by atoms with Gasteiger partial charge in [-0.3, -0.25) is 0 Å². The summed E-state index contributed by atoms with van der Waals surface area (Å²) >= 11 is 0. The number of carbonyl (C=O) groups excluding carboxylic acids is 2. The Morgan fingerprint density at radius 3 is 1.11 bits per heavy atom. The summed E-state index contributed by atoms with van der Waals surface area (Å²) in [5.41, 5.74) is 9.64. The van der Waals surface area contributed by atoms with Crippen LogP contribution in [0.25, 0.3) is 0 Å². The van der Waals surface area contributed by atoms with Crippen LogP contribution >= 0.6 is 0 Å². The summed E-state index contributed by atoms with van der Waals surface area (Å²) in [6.07, 6.45) is 24.4. The summed E-state index contributed by atoms with van der Waals surface area (Å²) in [4.78, 5) is 16.2. The van der Waals surface area contributed by atoms with E-state index in [0.29, 0.717) is 0 Å². The second kappa shape index (κ2) is 36.5. The molecule has 4 N–H and O–H groups in total. The number of unbranched alkanes of at least 4 members (excludes halogenated alkanes) is 15. The summed E-state index contributed by atoms with van der Waals surface area (Å²) in [6, 6.07) is 0. The zero-order valence-corrected chi connectivity index (χ0v) is 18.3. The maximum Gasteiger partial charge on any atom is 0.373 e. The second-order valence-corrected chi connectivity index (χ2v) is 6.92. The van der Waals surface area contributed by atoms with Crippen molar-refractivity contribution in [2.24, 2.45) is 11.5 Å². The van der Waals surface area contributed by atoms with Crippen LogP contribution in [0.5, 0.6) is 0 Å². The average molecular weight is 400 g/mol. The van der Waals surface area contributed by atoms with Crippen LogP contribution in [0.15, 0.2) is 0 Å². The average Bonchev–Trinajstić information content (AvgIpc) is 3.56. The highest BCUT2D eigenvalue weighted by Crippen LogP contribution is 2.13. The third-order valence-electron chi connectivity index (χ3n) is 4.26. The van der Waals surface area contributed by atoms with Gasteiger partial charge in [0, 0.05) is 0 Å². The molecule has 1 aliphatic rings. The van der Waals surface area contributed by atoms with Crippen molar-refractivity contribution in [3.63, 3.8) is 0 Å². The van der Waals surface area contributed by atoms with Gasteiger partial charge >= 0.3 is 6.15 Å². The molecule has 1 fully saturated rings. The molecule has 6 nitrogen and oxygen atoms in total. The molecule has 166 valence electrons. The maximum atomic E-state index is 8.12. The van der Waals surface area contributed by atoms with Crippen LogP contribution in [-0.4, -0.2) is 25.9 Å². The maximum absolute atomic E-state index is 8.12. The Kier molecular flexibility index (Phi) is 40.8. The molecule has 1 saturated heterocycles. The molecule has 28 heavy (non-hydrogen) atoms. The Labute approximate surface area is 173 Å². The summed E-state index contributed by atoms with van der Waals surface area (Å²) in [7, 11) is 0. The number of hydrogen-bond acceptors (Lipinski definition) is 6. The first-order valence-electron chi connectivity index (χ1n) is 11.1. The van der Waals surface area contributed by atoms with Gasteiger partial charge in [0.25, 0.3) is 0 Å². The minimum Gasteiger partial charge on any atom is -0.377 e. The molecule has 0 amide bonds. The number of nitriles is 1. The van der Waals surface area contributed by atoms with E-state index in [2.05, 4.69) is 17.4 Å². The van der Waals surface area contributed by atoms with Crippen LogP contribution in [0.3, 0.4) is 0 Å². The molecule has 0 saturated carbocycles. The molecule has 0 aromatic carbocycles. The van der Waals surface area contributed by atoms with Gasteiger partial charge in [-0.2, -0.15) is 14.9 Å². The first kappa shape index (κ1) is 31.3. The smallest absolute Gasteiger partial charge is 0.373 e. The standard InChI is InChI=1S/C18H39N.C2H4O.CH2N2.CO2/c1-2-3-4-5-6-7-8-9-10-11-12-13-14-15-16-17-18-19;1-2-3-1;2*2-1-3/h2-19H2,1H3;1-2H2;2H2;. The van der Waals surface area contributed by atoms with Crippen molar-refractivity contribution < 1.29 is 14.3 Å². The molecule has 6 heteroatoms. The Morgan fingerprint density at radius 1 is 0.714 bits per heavy atom. The van der Waals surface area contributed by atoms with Crippen LogP contribution in [0.2, 0.25) is 0 Å². The lowest BCUT2D eigenvalue weighted by molar-refractivity contribution is -0.191. The molecular formula is C22H45N3O3. The highest BCUT2D eigenvalue weighted by Gasteiger charge is 1.94. The van der Waals surface area contributed by atoms with Gasteiger partial charge in [-0.05, 0) is 13.0 Å². The predicted octanol–water partition coefficient (Wildman–Crippen LogP) is 5.07. The summed E-state index contributed by atoms with van der Waals surface area (Å²) in [6.45, 7) is 5.16. The van der Waals surface area contributed by atoms with Crippen LogP contribution < -0.4 is 11.5 Å². The molecule has 0 unspecified atom stereocenters. The molecule has 0 aromatic rings. The summed E-state index contributed by atoms with van der Waals surface area (Å²) in [5, 5.41) is 7.10. The lowest BCUT2D eigenvalue weighted by Gasteiger charge is -2.03. The van der Waals surface area contributed by atoms with Crippen molar-refractivity contribution in [1.29, 1.82) is 5.26 Å². The first-order chi connectivity index (χ1) is 13.7. The lowest BCUT2D eigenvalue weighted by atomic mass is 10.0. The van der Waals surface area contributed by atoms with Crippen molar-refractivity contribution in [2.75, 3.05) is 19.8 Å². The topological polar surface area (TPSA) is 122 Å². The molecule has 1 rings (SSSR count). The fourth-order valence-electron chi connectivity index (χ4n) is 2.69. The monoisotopic (exact) mass is 399 g/mol. The largest absolute Gasteiger partial charge is 0.377 e. The number of hydrogen-bond donors (Lipinski definition) is 2. The predicted molar refractivity (Wildman–Crippen MR) is 114 cm³/mol. The Hall–Kier alpha value is -1.41. The van der Waals surface area contributed by atoms with E-state index in [1.807, 2.05) is 0 Å². The Bertz CT molecular complexity index is 307. The molecule has 0 spiro atoms. The zero-order valence-electron chi connectivity index (χ0n) is 18.3. The lowest BCUT2D eigenvalue weighted by Crippen LogP contribution is -1.97. The zero-order chi connectivity index (χ0) is 21.6. The quantitative estimate of drug-likeness (QED) is 0.162. The van der Waals surface area contributed by atoms with Crippen molar-refractivity contribution in [3.8, 4) is 6.19 Å². The number of ether oxygens (including phenoxy) is 1. The molecule has 0 aromatic heterocycles. The minimum absolute atomic E-state index is 0.250. The van der Waals surface area contributed by atoms with Gasteiger partial charge in [0.15, 0.2) is 6.19 Å². The van der Waals surface area contributed by atoms with E-state index in [1.165, 1.54) is 109 Å². The van der Waals surface area contributed by atoms with Gasteiger partial charge in [-0.15, -0.1) is 0 Å². The van der Waals surface area contributed by atoms with Crippen LogP contribution in [-0.2, 0) is 14.3 Å². The van der Waals surface area contributed by atoms with Crippen LogP contribution in [0.4, 0.5) is 0 Å². The highest BCUT2D eigenvalue weighted by atomic mass is 16.6. The fourth-order valence-corrected chi connectivity index (χ4v) is 2.69. The molecule has 1 aliphatic heterocycles. The van der Waals surface area contributed by atoms with Gasteiger partial charge in [0.2, 0.25) is 0 Å². The number of epoxide rings is 1. The third-order valence-corrected chi connectivity index (χ3v) is 4.26. The summed E-state index contributed by atoms with van der Waals surface area (Å²) < 4.78 is 4.50. The molecular weight excluding hydrogens is 354 g/mol. The molecule has 0 aliphatic carbocycles. The fraction of sp³-hybridized carbons (Fsp3) is 0.909. The Morgan fingerprint density at radius 2 is 0.929 bits per heavy atom. The van der Waals surface area contributed by atoms with Crippen molar-refractivity contribution in [1.82, 2.24) is 0 Å². The van der Waals surface area contributed by atoms with Gasteiger partial charge in [0.05, 0.1) is 13.2 Å². The third kappa shape index (κ3) is 56.3. The van der Waals surface area contributed by atoms with Gasteiger partial charge in [-0.1, -0.05) is 103 Å². The van der Waals surface area contributed by atoms with E-state index >= 15 is 0 Å². The number of rotatable bonds is 16. The van der Waals surface area contributed by atoms with Crippen molar-refractivity contribution in [3.05, 3.63) is 0 Å². The highest BCUT2D eigenvalue weighted by molar-refractivity contribution is 5.20. The van der Waals surface area contributed by atoms with Crippen molar-refractivity contribution >= 4 is 6.15 Å². The van der Waals surface area contributed by atoms with E-state index in [9.17, 15) is 0 Å². The number of nitrogens with zero attached hydrogens (tertiary/aromatic N) is 1. The van der Waals surface area contributed by atoms with E-state index < -0.39 is 0 Å². The van der Waals surface area contributed by atoms with Gasteiger partial charge in [-0.25, -0.2) is 0 Å². The van der Waals surface area contributed by atoms with E-state index in [1.54, 1.807) is 0 Å². The van der Waals surface area contributed by atoms with E-state index in [-0.39, 0.29) is 6.15 Å². The molecule has 0 bridgehead atoms. The minimum atomic E-state index is 0.250. The van der Waals surface area contributed by atoms with E-state index in [4.69, 9.17) is 20.6 Å². The van der Waals surface area contributed by atoms with Gasteiger partial charge < -0.3 is 16.2 Å². The molecule has 0 atom stereocenters.